The molecule has 0 aliphatic rings. The number of benzene rings is 1. The Bertz CT molecular complexity index is 788. The van der Waals surface area contributed by atoms with Crippen molar-refractivity contribution in [1.29, 1.82) is 0 Å². The van der Waals surface area contributed by atoms with Crippen LogP contribution in [0.5, 0.6) is 0 Å². The van der Waals surface area contributed by atoms with Gasteiger partial charge in [-0.3, -0.25) is 0 Å². The number of imidazole rings is 1. The molecule has 4 nitrogen and oxygen atoms in total. The van der Waals surface area contributed by atoms with Crippen molar-refractivity contribution in [2.45, 2.75) is 25.1 Å². The van der Waals surface area contributed by atoms with E-state index in [-0.39, 0.29) is 12.4 Å². The van der Waals surface area contributed by atoms with E-state index in [0.717, 1.165) is 0 Å². The smallest absolute Gasteiger partial charge is 0.178 e. The SMILES string of the molecule is CC(C)(Cn1c(=S)[nH]c2cc(F)ccc21)S(C)(=O)=O. The lowest BCUT2D eigenvalue weighted by Crippen LogP contribution is -2.35. The summed E-state index contributed by atoms with van der Waals surface area (Å²) >= 11 is 5.18. The summed E-state index contributed by atoms with van der Waals surface area (Å²) in [6.45, 7) is 3.51. The Morgan fingerprint density at radius 3 is 2.63 bits per heavy atom. The fourth-order valence-corrected chi connectivity index (χ4v) is 2.43. The number of fused-ring (bicyclic) bond motifs is 1. The Morgan fingerprint density at radius 1 is 1.42 bits per heavy atom. The van der Waals surface area contributed by atoms with Crippen molar-refractivity contribution in [1.82, 2.24) is 9.55 Å². The standard InChI is InChI=1S/C12H15FN2O2S2/c1-12(2,19(3,16)17)7-15-10-5-4-8(13)6-9(10)14-11(15)18/h4-6H,7H2,1-3H3,(H,14,18). The molecule has 0 saturated heterocycles. The molecular weight excluding hydrogens is 287 g/mol. The molecule has 0 spiro atoms. The quantitative estimate of drug-likeness (QED) is 0.887. The van der Waals surface area contributed by atoms with E-state index < -0.39 is 14.6 Å². The molecule has 0 aliphatic heterocycles. The third-order valence-corrected chi connectivity index (χ3v) is 5.74. The second kappa shape index (κ2) is 4.42. The maximum Gasteiger partial charge on any atom is 0.178 e. The summed E-state index contributed by atoms with van der Waals surface area (Å²) in [4.78, 5) is 2.88. The van der Waals surface area contributed by atoms with Crippen molar-refractivity contribution in [3.63, 3.8) is 0 Å². The molecule has 0 amide bonds. The number of H-pyrrole nitrogens is 1. The molecule has 0 unspecified atom stereocenters. The number of halogens is 1. The summed E-state index contributed by atoms with van der Waals surface area (Å²) in [6.07, 6.45) is 1.20. The number of rotatable bonds is 3. The van der Waals surface area contributed by atoms with Crippen LogP contribution in [0.2, 0.25) is 0 Å². The minimum Gasteiger partial charge on any atom is -0.330 e. The second-order valence-corrected chi connectivity index (χ2v) is 8.25. The monoisotopic (exact) mass is 302 g/mol. The largest absolute Gasteiger partial charge is 0.330 e. The zero-order valence-corrected chi connectivity index (χ0v) is 12.5. The van der Waals surface area contributed by atoms with Crippen molar-refractivity contribution in [2.75, 3.05) is 6.26 Å². The van der Waals surface area contributed by atoms with Gasteiger partial charge in [-0.15, -0.1) is 0 Å². The molecular formula is C12H15FN2O2S2. The van der Waals surface area contributed by atoms with Gasteiger partial charge < -0.3 is 9.55 Å². The average Bonchev–Trinajstić information content (AvgIpc) is 2.52. The van der Waals surface area contributed by atoms with Gasteiger partial charge in [0.2, 0.25) is 0 Å². The lowest BCUT2D eigenvalue weighted by atomic mass is 10.2. The first-order valence-corrected chi connectivity index (χ1v) is 7.99. The number of sulfone groups is 1. The molecule has 2 rings (SSSR count). The van der Waals surface area contributed by atoms with Crippen LogP contribution in [-0.2, 0) is 16.4 Å². The molecule has 1 aromatic heterocycles. The van der Waals surface area contributed by atoms with Crippen LogP contribution < -0.4 is 0 Å². The van der Waals surface area contributed by atoms with Crippen molar-refractivity contribution in [3.8, 4) is 0 Å². The molecule has 0 bridgehead atoms. The first-order valence-electron chi connectivity index (χ1n) is 5.69. The van der Waals surface area contributed by atoms with Crippen molar-refractivity contribution in [2.24, 2.45) is 0 Å². The summed E-state index contributed by atoms with van der Waals surface area (Å²) in [5.41, 5.74) is 1.26. The number of nitrogens with zero attached hydrogens (tertiary/aromatic N) is 1. The lowest BCUT2D eigenvalue weighted by molar-refractivity contribution is 0.506. The van der Waals surface area contributed by atoms with Crippen LogP contribution in [0.15, 0.2) is 18.2 Å². The molecule has 0 radical (unpaired) electrons. The Labute approximate surface area is 116 Å². The molecule has 2 aromatic rings. The summed E-state index contributed by atoms with van der Waals surface area (Å²) in [7, 11) is -3.23. The van der Waals surface area contributed by atoms with Gasteiger partial charge in [0.1, 0.15) is 5.82 Å². The molecule has 19 heavy (non-hydrogen) atoms. The van der Waals surface area contributed by atoms with Crippen LogP contribution >= 0.6 is 12.2 Å². The Kier molecular flexibility index (Phi) is 3.30. The minimum absolute atomic E-state index is 0.219. The van der Waals surface area contributed by atoms with Crippen LogP contribution in [0.4, 0.5) is 4.39 Å². The van der Waals surface area contributed by atoms with E-state index in [4.69, 9.17) is 12.2 Å². The van der Waals surface area contributed by atoms with E-state index in [1.54, 1.807) is 24.5 Å². The second-order valence-electron chi connectivity index (χ2n) is 5.21. The van der Waals surface area contributed by atoms with Gasteiger partial charge >= 0.3 is 0 Å². The summed E-state index contributed by atoms with van der Waals surface area (Å²) in [6, 6.07) is 4.26. The number of hydrogen-bond acceptors (Lipinski definition) is 3. The predicted molar refractivity (Wildman–Crippen MR) is 76.0 cm³/mol. The van der Waals surface area contributed by atoms with Crippen LogP contribution in [0, 0.1) is 10.6 Å². The highest BCUT2D eigenvalue weighted by atomic mass is 32.2. The maximum absolute atomic E-state index is 13.1. The zero-order chi connectivity index (χ0) is 14.4. The first kappa shape index (κ1) is 14.2. The molecule has 7 heteroatoms. The summed E-state index contributed by atoms with van der Waals surface area (Å²) in [5.74, 6) is -0.363. The van der Waals surface area contributed by atoms with Crippen molar-refractivity contribution < 1.29 is 12.8 Å². The van der Waals surface area contributed by atoms with Crippen LogP contribution in [0.3, 0.4) is 0 Å². The molecule has 1 heterocycles. The zero-order valence-electron chi connectivity index (χ0n) is 10.9. The molecule has 0 atom stereocenters. The fraction of sp³-hybridized carbons (Fsp3) is 0.417. The Balaban J connectivity index is 2.59. The van der Waals surface area contributed by atoms with E-state index in [9.17, 15) is 12.8 Å². The predicted octanol–water partition coefficient (Wildman–Crippen LogP) is 2.66. The fourth-order valence-electron chi connectivity index (χ4n) is 1.79. The molecule has 1 aromatic carbocycles. The highest BCUT2D eigenvalue weighted by molar-refractivity contribution is 7.92. The topological polar surface area (TPSA) is 54.9 Å². The lowest BCUT2D eigenvalue weighted by Gasteiger charge is -2.23. The van der Waals surface area contributed by atoms with E-state index >= 15 is 0 Å². The molecule has 0 fully saturated rings. The highest BCUT2D eigenvalue weighted by Crippen LogP contribution is 2.22. The molecule has 0 aliphatic carbocycles. The number of aromatic amines is 1. The Morgan fingerprint density at radius 2 is 2.05 bits per heavy atom. The number of hydrogen-bond donors (Lipinski definition) is 1. The third kappa shape index (κ3) is 2.57. The van der Waals surface area contributed by atoms with E-state index in [1.165, 1.54) is 18.4 Å². The van der Waals surface area contributed by atoms with Gasteiger partial charge in [0, 0.05) is 12.8 Å². The van der Waals surface area contributed by atoms with Gasteiger partial charge in [-0.1, -0.05) is 0 Å². The molecule has 1 N–H and O–H groups in total. The normalized spacial score (nSPS) is 13.1. The van der Waals surface area contributed by atoms with Gasteiger partial charge in [-0.05, 0) is 44.3 Å². The maximum atomic E-state index is 13.1. The van der Waals surface area contributed by atoms with Crippen molar-refractivity contribution >= 4 is 33.1 Å². The van der Waals surface area contributed by atoms with E-state index in [2.05, 4.69) is 4.98 Å². The van der Waals surface area contributed by atoms with E-state index in [0.29, 0.717) is 15.8 Å². The van der Waals surface area contributed by atoms with Gasteiger partial charge in [0.15, 0.2) is 14.6 Å². The summed E-state index contributed by atoms with van der Waals surface area (Å²) < 4.78 is 37.8. The molecule has 104 valence electrons. The van der Waals surface area contributed by atoms with Gasteiger partial charge in [0.05, 0.1) is 15.8 Å². The summed E-state index contributed by atoms with van der Waals surface area (Å²) in [5, 5.41) is 0. The van der Waals surface area contributed by atoms with Crippen LogP contribution in [0.1, 0.15) is 13.8 Å². The van der Waals surface area contributed by atoms with Crippen molar-refractivity contribution in [3.05, 3.63) is 28.8 Å². The van der Waals surface area contributed by atoms with E-state index in [1.807, 2.05) is 0 Å². The number of nitrogens with one attached hydrogen (secondary N) is 1. The molecule has 0 saturated carbocycles. The van der Waals surface area contributed by atoms with Gasteiger partial charge in [-0.2, -0.15) is 0 Å². The van der Waals surface area contributed by atoms with Crippen LogP contribution in [-0.4, -0.2) is 29.0 Å². The van der Waals surface area contributed by atoms with Crippen LogP contribution in [0.25, 0.3) is 11.0 Å². The highest BCUT2D eigenvalue weighted by Gasteiger charge is 2.31. The minimum atomic E-state index is -3.23. The number of aromatic nitrogens is 2. The van der Waals surface area contributed by atoms with Gasteiger partial charge in [0.25, 0.3) is 0 Å². The van der Waals surface area contributed by atoms with Gasteiger partial charge in [-0.25, -0.2) is 12.8 Å². The Hall–Kier alpha value is -1.21. The third-order valence-electron chi connectivity index (χ3n) is 3.28. The average molecular weight is 302 g/mol. The first-order chi connectivity index (χ1) is 8.62.